The van der Waals surface area contributed by atoms with E-state index in [0.29, 0.717) is 23.9 Å². The number of aromatic hydroxyl groups is 1. The Hall–Kier alpha value is -1.88. The zero-order chi connectivity index (χ0) is 13.2. The molecule has 1 unspecified atom stereocenters. The number of aryl methyl sites for hydroxylation is 1. The molecule has 0 radical (unpaired) electrons. The summed E-state index contributed by atoms with van der Waals surface area (Å²) in [7, 11) is 0. The molecule has 0 spiro atoms. The Morgan fingerprint density at radius 1 is 1.37 bits per heavy atom. The number of phenols is 1. The maximum Gasteiger partial charge on any atom is 0.261 e. The Bertz CT molecular complexity index is 574. The summed E-state index contributed by atoms with van der Waals surface area (Å²) in [6.07, 6.45) is 2.03. The number of nitrogens with zero attached hydrogens (tertiary/aromatic N) is 2. The van der Waals surface area contributed by atoms with Gasteiger partial charge in [0, 0.05) is 12.5 Å². The van der Waals surface area contributed by atoms with E-state index >= 15 is 0 Å². The van der Waals surface area contributed by atoms with Crippen LogP contribution >= 0.6 is 0 Å². The van der Waals surface area contributed by atoms with Gasteiger partial charge >= 0.3 is 0 Å². The number of rotatable bonds is 2. The van der Waals surface area contributed by atoms with E-state index in [1.807, 2.05) is 13.0 Å². The fraction of sp³-hybridized carbons (Fsp3) is 0.429. The molecule has 2 heterocycles. The lowest BCUT2D eigenvalue weighted by molar-refractivity contribution is 0.0773. The largest absolute Gasteiger partial charge is 0.507 e. The number of aromatic nitrogens is 2. The van der Waals surface area contributed by atoms with Crippen LogP contribution in [0.1, 0.15) is 30.1 Å². The molecule has 1 atom stereocenters. The Labute approximate surface area is 111 Å². The first kappa shape index (κ1) is 12.2. The van der Waals surface area contributed by atoms with Gasteiger partial charge in [-0.15, -0.1) is 0 Å². The van der Waals surface area contributed by atoms with Crippen LogP contribution in [-0.2, 0) is 4.74 Å². The summed E-state index contributed by atoms with van der Waals surface area (Å²) in [5.41, 5.74) is 1.56. The molecule has 1 aromatic carbocycles. The van der Waals surface area contributed by atoms with Gasteiger partial charge in [-0.1, -0.05) is 11.2 Å². The van der Waals surface area contributed by atoms with Gasteiger partial charge in [0.05, 0.1) is 12.2 Å². The van der Waals surface area contributed by atoms with Crippen molar-refractivity contribution in [2.45, 2.75) is 25.7 Å². The molecule has 1 fully saturated rings. The van der Waals surface area contributed by atoms with Crippen LogP contribution in [0.4, 0.5) is 0 Å². The van der Waals surface area contributed by atoms with Crippen LogP contribution in [0.5, 0.6) is 5.75 Å². The molecule has 100 valence electrons. The highest BCUT2D eigenvalue weighted by Gasteiger charge is 2.22. The van der Waals surface area contributed by atoms with Gasteiger partial charge in [0.1, 0.15) is 5.75 Å². The van der Waals surface area contributed by atoms with Crippen molar-refractivity contribution in [2.75, 3.05) is 13.2 Å². The van der Waals surface area contributed by atoms with Crippen molar-refractivity contribution in [3.05, 3.63) is 29.6 Å². The van der Waals surface area contributed by atoms with Crippen molar-refractivity contribution in [1.82, 2.24) is 10.1 Å². The molecule has 0 aliphatic carbocycles. The summed E-state index contributed by atoms with van der Waals surface area (Å²) in [5.74, 6) is 1.38. The predicted octanol–water partition coefficient (Wildman–Crippen LogP) is 2.64. The van der Waals surface area contributed by atoms with Crippen LogP contribution in [-0.4, -0.2) is 28.5 Å². The highest BCUT2D eigenvalue weighted by Crippen LogP contribution is 2.30. The summed E-state index contributed by atoms with van der Waals surface area (Å²) >= 11 is 0. The van der Waals surface area contributed by atoms with Gasteiger partial charge in [0.2, 0.25) is 0 Å². The summed E-state index contributed by atoms with van der Waals surface area (Å²) in [5, 5.41) is 13.9. The van der Waals surface area contributed by atoms with Crippen molar-refractivity contribution >= 4 is 0 Å². The fourth-order valence-electron chi connectivity index (χ4n) is 2.28. The van der Waals surface area contributed by atoms with Crippen LogP contribution in [0, 0.1) is 6.92 Å². The van der Waals surface area contributed by atoms with Gasteiger partial charge < -0.3 is 14.4 Å². The number of hydrogen-bond acceptors (Lipinski definition) is 5. The van der Waals surface area contributed by atoms with E-state index in [-0.39, 0.29) is 11.7 Å². The minimum absolute atomic E-state index is 0.162. The van der Waals surface area contributed by atoms with Crippen LogP contribution in [0.25, 0.3) is 11.5 Å². The van der Waals surface area contributed by atoms with Gasteiger partial charge in [0.15, 0.2) is 5.82 Å². The SMILES string of the molecule is Cc1ccc(-c2nc(C3CCCOC3)no2)c(O)c1. The number of benzene rings is 1. The lowest BCUT2D eigenvalue weighted by atomic mass is 10.0. The van der Waals surface area contributed by atoms with Gasteiger partial charge in [-0.05, 0) is 37.5 Å². The van der Waals surface area contributed by atoms with Gasteiger partial charge in [0.25, 0.3) is 5.89 Å². The van der Waals surface area contributed by atoms with Gasteiger partial charge in [-0.3, -0.25) is 0 Å². The Balaban J connectivity index is 1.87. The highest BCUT2D eigenvalue weighted by atomic mass is 16.5. The molecule has 0 saturated carbocycles. The molecule has 1 aliphatic heterocycles. The molecule has 1 aromatic heterocycles. The van der Waals surface area contributed by atoms with Crippen molar-refractivity contribution in [2.24, 2.45) is 0 Å². The fourth-order valence-corrected chi connectivity index (χ4v) is 2.28. The number of hydrogen-bond donors (Lipinski definition) is 1. The second-order valence-electron chi connectivity index (χ2n) is 4.89. The monoisotopic (exact) mass is 260 g/mol. The summed E-state index contributed by atoms with van der Waals surface area (Å²) in [6, 6.07) is 5.38. The first-order valence-corrected chi connectivity index (χ1v) is 6.45. The summed E-state index contributed by atoms with van der Waals surface area (Å²) in [6.45, 7) is 3.36. The van der Waals surface area contributed by atoms with Crippen LogP contribution in [0.3, 0.4) is 0 Å². The summed E-state index contributed by atoms with van der Waals surface area (Å²) in [4.78, 5) is 4.38. The summed E-state index contributed by atoms with van der Waals surface area (Å²) < 4.78 is 10.7. The third kappa shape index (κ3) is 2.46. The molecule has 5 heteroatoms. The molecule has 3 rings (SSSR count). The quantitative estimate of drug-likeness (QED) is 0.899. The van der Waals surface area contributed by atoms with E-state index in [1.165, 1.54) is 0 Å². The van der Waals surface area contributed by atoms with Crippen molar-refractivity contribution in [3.63, 3.8) is 0 Å². The number of phenolic OH excluding ortho intramolecular Hbond substituents is 1. The average molecular weight is 260 g/mol. The van der Waals surface area contributed by atoms with E-state index in [9.17, 15) is 5.11 Å². The standard InChI is InChI=1S/C14H16N2O3/c1-9-4-5-11(12(17)7-9)14-15-13(16-19-14)10-3-2-6-18-8-10/h4-5,7,10,17H,2-3,6,8H2,1H3. The van der Waals surface area contributed by atoms with E-state index in [4.69, 9.17) is 9.26 Å². The van der Waals surface area contributed by atoms with Crippen molar-refractivity contribution in [1.29, 1.82) is 0 Å². The molecule has 2 aromatic rings. The molecule has 19 heavy (non-hydrogen) atoms. The Kier molecular flexibility index (Phi) is 3.21. The molecule has 0 amide bonds. The predicted molar refractivity (Wildman–Crippen MR) is 68.9 cm³/mol. The van der Waals surface area contributed by atoms with Crippen LogP contribution in [0.15, 0.2) is 22.7 Å². The minimum Gasteiger partial charge on any atom is -0.507 e. The van der Waals surface area contributed by atoms with Crippen molar-refractivity contribution < 1.29 is 14.4 Å². The van der Waals surface area contributed by atoms with Gasteiger partial charge in [-0.2, -0.15) is 4.98 Å². The maximum absolute atomic E-state index is 9.91. The first-order valence-electron chi connectivity index (χ1n) is 6.45. The maximum atomic E-state index is 9.91. The third-order valence-corrected chi connectivity index (χ3v) is 3.35. The Morgan fingerprint density at radius 2 is 2.26 bits per heavy atom. The first-order chi connectivity index (χ1) is 9.24. The molecule has 1 aliphatic rings. The normalized spacial score (nSPS) is 19.5. The van der Waals surface area contributed by atoms with E-state index in [0.717, 1.165) is 25.0 Å². The number of ether oxygens (including phenoxy) is 1. The lowest BCUT2D eigenvalue weighted by Gasteiger charge is -2.18. The van der Waals surface area contributed by atoms with Crippen LogP contribution < -0.4 is 0 Å². The lowest BCUT2D eigenvalue weighted by Crippen LogP contribution is -2.16. The highest BCUT2D eigenvalue weighted by molar-refractivity contribution is 5.62. The molecule has 1 saturated heterocycles. The van der Waals surface area contributed by atoms with E-state index in [1.54, 1.807) is 12.1 Å². The third-order valence-electron chi connectivity index (χ3n) is 3.35. The average Bonchev–Trinajstić information content (AvgIpc) is 2.89. The second kappa shape index (κ2) is 5.01. The zero-order valence-electron chi connectivity index (χ0n) is 10.8. The van der Waals surface area contributed by atoms with Gasteiger partial charge in [-0.25, -0.2) is 0 Å². The molecule has 5 nitrogen and oxygen atoms in total. The topological polar surface area (TPSA) is 68.4 Å². The van der Waals surface area contributed by atoms with E-state index in [2.05, 4.69) is 10.1 Å². The molecular weight excluding hydrogens is 244 g/mol. The minimum atomic E-state index is 0.162. The molecule has 1 N–H and O–H groups in total. The molecular formula is C14H16N2O3. The molecule has 0 bridgehead atoms. The smallest absolute Gasteiger partial charge is 0.261 e. The Morgan fingerprint density at radius 3 is 3.00 bits per heavy atom. The second-order valence-corrected chi connectivity index (χ2v) is 4.89. The van der Waals surface area contributed by atoms with Crippen LogP contribution in [0.2, 0.25) is 0 Å². The van der Waals surface area contributed by atoms with Crippen molar-refractivity contribution in [3.8, 4) is 17.2 Å². The zero-order valence-corrected chi connectivity index (χ0v) is 10.8. The van der Waals surface area contributed by atoms with E-state index < -0.39 is 0 Å².